The molecule has 0 aliphatic carbocycles. The third-order valence-electron chi connectivity index (χ3n) is 16.3. The van der Waals surface area contributed by atoms with Crippen molar-refractivity contribution in [2.45, 2.75) is 120 Å². The average molecular weight is 933 g/mol. The van der Waals surface area contributed by atoms with Gasteiger partial charge < -0.3 is 9.80 Å². The minimum atomic E-state index is -0.313. The number of fused-ring (bicyclic) bond motifs is 2. The number of rotatable bonds is 8. The van der Waals surface area contributed by atoms with E-state index in [2.05, 4.69) is 141 Å². The Morgan fingerprint density at radius 3 is 0.986 bits per heavy atom. The van der Waals surface area contributed by atoms with E-state index in [0.29, 0.717) is 68.1 Å². The van der Waals surface area contributed by atoms with E-state index in [4.69, 9.17) is 0 Å². The topological polar surface area (TPSA) is 81.2 Å². The Morgan fingerprint density at radius 1 is 0.386 bits per heavy atom. The van der Waals surface area contributed by atoms with E-state index in [1.54, 1.807) is 0 Å². The highest BCUT2D eigenvalue weighted by Crippen LogP contribution is 2.54. The first-order valence-corrected chi connectivity index (χ1v) is 26.2. The van der Waals surface area contributed by atoms with Crippen LogP contribution < -0.4 is 19.6 Å². The molecule has 0 aromatic heterocycles. The zero-order chi connectivity index (χ0) is 49.5. The summed E-state index contributed by atoms with van der Waals surface area (Å²) in [5, 5.41) is 6.96. The molecule has 11 rings (SSSR count). The first kappa shape index (κ1) is 46.1. The van der Waals surface area contributed by atoms with Gasteiger partial charge in [0.25, 0.3) is 23.6 Å². The van der Waals surface area contributed by atoms with Gasteiger partial charge in [-0.05, 0) is 117 Å². The van der Waals surface area contributed by atoms with Crippen LogP contribution in [-0.2, 0) is 0 Å². The van der Waals surface area contributed by atoms with Crippen molar-refractivity contribution in [1.29, 1.82) is 0 Å². The van der Waals surface area contributed by atoms with Crippen molar-refractivity contribution in [3.63, 3.8) is 0 Å². The number of amides is 4. The molecule has 0 saturated carbocycles. The zero-order valence-corrected chi connectivity index (χ0v) is 43.2. The van der Waals surface area contributed by atoms with Crippen LogP contribution in [-0.4, -0.2) is 49.8 Å². The summed E-state index contributed by atoms with van der Waals surface area (Å²) in [6.07, 6.45) is 2.21. The molecule has 0 N–H and O–H groups in total. The van der Waals surface area contributed by atoms with Crippen LogP contribution in [0.2, 0.25) is 0 Å². The lowest BCUT2D eigenvalue weighted by atomic mass is 9.79. The van der Waals surface area contributed by atoms with E-state index in [0.717, 1.165) is 105 Å². The number of carbonyl (C=O) groups is 4. The molecule has 7 aromatic carbocycles. The summed E-state index contributed by atoms with van der Waals surface area (Å²) >= 11 is 0. The average Bonchev–Trinajstić information content (AvgIpc) is 3.30. The van der Waals surface area contributed by atoms with Crippen LogP contribution in [0.15, 0.2) is 72.8 Å². The fourth-order valence-corrected chi connectivity index (χ4v) is 13.6. The van der Waals surface area contributed by atoms with Crippen LogP contribution in [0.1, 0.15) is 183 Å². The van der Waals surface area contributed by atoms with E-state index in [-0.39, 0.29) is 47.3 Å². The van der Waals surface area contributed by atoms with Gasteiger partial charge >= 0.3 is 0 Å². The Kier molecular flexibility index (Phi) is 11.0. The summed E-state index contributed by atoms with van der Waals surface area (Å²) < 4.78 is 0. The van der Waals surface area contributed by atoms with Gasteiger partial charge in [0.1, 0.15) is 0 Å². The van der Waals surface area contributed by atoms with E-state index >= 15 is 19.2 Å². The SMILES string of the molecule is CC1CC(C)CN(c2cc3c4c(ccc5c6c(N7CC(C)CC(C)C7)cc7c8c(ccc(c2c45)c86)C(=O)N(c2c(C(C)C)cccc2C(C)C)C7=O)C(=O)N(c2c(C(C)C)cccc2C(C)C)C3=O)C1. The normalized spacial score (nSPS) is 21.0. The Balaban J connectivity index is 1.28. The maximum Gasteiger partial charge on any atom is 0.266 e. The highest BCUT2D eigenvalue weighted by atomic mass is 16.2. The Bertz CT molecular complexity index is 3080. The second-order valence-electron chi connectivity index (χ2n) is 23.2. The van der Waals surface area contributed by atoms with Gasteiger partial charge in [0.15, 0.2) is 0 Å². The number of para-hydroxylation sites is 2. The van der Waals surface area contributed by atoms with Gasteiger partial charge in [0.2, 0.25) is 0 Å². The number of hydrogen-bond donors (Lipinski definition) is 0. The molecule has 4 unspecified atom stereocenters. The molecule has 4 amide bonds. The van der Waals surface area contributed by atoms with Crippen molar-refractivity contribution in [2.75, 3.05) is 45.8 Å². The lowest BCUT2D eigenvalue weighted by molar-refractivity contribution is 0.0877. The summed E-state index contributed by atoms with van der Waals surface area (Å²) in [4.78, 5) is 70.4. The number of hydrogen-bond acceptors (Lipinski definition) is 6. The summed E-state index contributed by atoms with van der Waals surface area (Å²) in [7, 11) is 0. The fraction of sp³-hybridized carbons (Fsp3) is 0.419. The molecule has 0 spiro atoms. The molecule has 0 radical (unpaired) electrons. The molecule has 360 valence electrons. The van der Waals surface area contributed by atoms with Gasteiger partial charge in [-0.15, -0.1) is 0 Å². The minimum Gasteiger partial charge on any atom is -0.370 e. The molecule has 2 fully saturated rings. The standard InChI is InChI=1S/C62H68N4O4/c1-31(2)39-15-13-16-40(32(3)4)57(39)65-59(67)45-21-19-43-54-50(64-29-37(11)24-38(12)30-64)26-48-52-46(60(68)66(62(48)70)58-41(33(5)6)17-14-18-42(58)34(7)8)22-20-44(56(52)54)53-49(63-27-35(9)23-36(10)28-63)25-47(61(65)69)51(45)55(43)53/h13-22,25-26,31-38H,23-24,27-30H2,1-12H3. The summed E-state index contributed by atoms with van der Waals surface area (Å²) in [5.74, 6) is 0.689. The van der Waals surface area contributed by atoms with Crippen molar-refractivity contribution in [3.05, 3.63) is 117 Å². The first-order chi connectivity index (χ1) is 33.4. The van der Waals surface area contributed by atoms with Crippen molar-refractivity contribution in [1.82, 2.24) is 0 Å². The van der Waals surface area contributed by atoms with Crippen LogP contribution in [0, 0.1) is 23.7 Å². The minimum absolute atomic E-state index is 0.0725. The van der Waals surface area contributed by atoms with Crippen molar-refractivity contribution >= 4 is 89.5 Å². The smallest absolute Gasteiger partial charge is 0.266 e. The lowest BCUT2D eigenvalue weighted by Gasteiger charge is -2.40. The number of benzene rings is 7. The fourth-order valence-electron chi connectivity index (χ4n) is 13.6. The maximum atomic E-state index is 15.8. The van der Waals surface area contributed by atoms with Crippen molar-refractivity contribution in [3.8, 4) is 0 Å². The highest BCUT2D eigenvalue weighted by molar-refractivity contribution is 6.48. The van der Waals surface area contributed by atoms with Gasteiger partial charge in [-0.3, -0.25) is 19.2 Å². The van der Waals surface area contributed by atoms with Gasteiger partial charge in [0, 0.05) is 81.0 Å². The second-order valence-corrected chi connectivity index (χ2v) is 23.2. The quantitative estimate of drug-likeness (QED) is 0.0858. The molecule has 8 nitrogen and oxygen atoms in total. The van der Waals surface area contributed by atoms with E-state index in [1.807, 2.05) is 24.3 Å². The molecular formula is C62H68N4O4. The number of piperidine rings is 2. The molecule has 4 heterocycles. The van der Waals surface area contributed by atoms with Crippen LogP contribution >= 0.6 is 0 Å². The highest BCUT2D eigenvalue weighted by Gasteiger charge is 2.43. The van der Waals surface area contributed by atoms with E-state index < -0.39 is 0 Å². The predicted molar refractivity (Wildman–Crippen MR) is 289 cm³/mol. The third kappa shape index (κ3) is 6.74. The first-order valence-electron chi connectivity index (χ1n) is 26.2. The molecule has 0 bridgehead atoms. The number of anilines is 4. The second kappa shape index (κ2) is 16.7. The van der Waals surface area contributed by atoms with Crippen LogP contribution in [0.3, 0.4) is 0 Å². The Labute approximate surface area is 413 Å². The van der Waals surface area contributed by atoms with Gasteiger partial charge in [-0.25, -0.2) is 9.80 Å². The van der Waals surface area contributed by atoms with Crippen LogP contribution in [0.5, 0.6) is 0 Å². The Hall–Kier alpha value is -6.28. The molecule has 4 atom stereocenters. The molecule has 70 heavy (non-hydrogen) atoms. The molecule has 7 aromatic rings. The van der Waals surface area contributed by atoms with E-state index in [9.17, 15) is 0 Å². The summed E-state index contributed by atoms with van der Waals surface area (Å²) in [6, 6.07) is 24.6. The third-order valence-corrected chi connectivity index (χ3v) is 16.3. The molecule has 4 aliphatic heterocycles. The summed E-state index contributed by atoms with van der Waals surface area (Å²) in [5.41, 5.74) is 9.29. The molecular weight excluding hydrogens is 865 g/mol. The van der Waals surface area contributed by atoms with Crippen molar-refractivity contribution in [2.24, 2.45) is 23.7 Å². The molecule has 4 aliphatic rings. The predicted octanol–water partition coefficient (Wildman–Crippen LogP) is 14.8. The van der Waals surface area contributed by atoms with Crippen LogP contribution in [0.4, 0.5) is 22.7 Å². The Morgan fingerprint density at radius 2 is 0.686 bits per heavy atom. The van der Waals surface area contributed by atoms with Gasteiger partial charge in [-0.1, -0.05) is 132 Å². The molecule has 8 heteroatoms. The maximum absolute atomic E-state index is 15.8. The number of imide groups is 2. The zero-order valence-electron chi connectivity index (χ0n) is 43.2. The summed E-state index contributed by atoms with van der Waals surface area (Å²) in [6.45, 7) is 29.5. The number of nitrogens with zero attached hydrogens (tertiary/aromatic N) is 4. The van der Waals surface area contributed by atoms with Crippen LogP contribution in [0.25, 0.3) is 43.1 Å². The number of carbonyl (C=O) groups excluding carboxylic acids is 4. The van der Waals surface area contributed by atoms with Crippen molar-refractivity contribution < 1.29 is 19.2 Å². The van der Waals surface area contributed by atoms with E-state index in [1.165, 1.54) is 9.80 Å². The lowest BCUT2D eigenvalue weighted by Crippen LogP contribution is -2.43. The van der Waals surface area contributed by atoms with Gasteiger partial charge in [-0.2, -0.15) is 0 Å². The van der Waals surface area contributed by atoms with Gasteiger partial charge in [0.05, 0.1) is 22.5 Å². The molecule has 2 saturated heterocycles. The largest absolute Gasteiger partial charge is 0.370 e. The monoisotopic (exact) mass is 933 g/mol.